The van der Waals surface area contributed by atoms with Gasteiger partial charge < -0.3 is 10.1 Å². The summed E-state index contributed by atoms with van der Waals surface area (Å²) in [6.07, 6.45) is 2.37. The quantitative estimate of drug-likeness (QED) is 0.742. The van der Waals surface area contributed by atoms with Crippen LogP contribution in [0.5, 0.6) is 0 Å². The number of benzene rings is 1. The Morgan fingerprint density at radius 2 is 1.76 bits per heavy atom. The van der Waals surface area contributed by atoms with Gasteiger partial charge in [-0.25, -0.2) is 8.78 Å². The summed E-state index contributed by atoms with van der Waals surface area (Å²) in [5.74, 6) is -1.60. The summed E-state index contributed by atoms with van der Waals surface area (Å²) in [4.78, 5) is 0. The second kappa shape index (κ2) is 8.44. The van der Waals surface area contributed by atoms with Crippen LogP contribution in [0, 0.1) is 11.6 Å². The van der Waals surface area contributed by atoms with E-state index in [1.54, 1.807) is 6.07 Å². The van der Waals surface area contributed by atoms with Crippen molar-refractivity contribution in [2.45, 2.75) is 58.6 Å². The second-order valence-electron chi connectivity index (χ2n) is 5.27. The Labute approximate surface area is 126 Å². The highest BCUT2D eigenvalue weighted by Gasteiger charge is 2.36. The van der Waals surface area contributed by atoms with Gasteiger partial charge in [0, 0.05) is 12.6 Å². The molecular formula is C17H27F2NO. The highest BCUT2D eigenvalue weighted by Crippen LogP contribution is 2.28. The molecule has 21 heavy (non-hydrogen) atoms. The first-order chi connectivity index (χ1) is 10.0. The molecule has 0 aromatic heterocycles. The van der Waals surface area contributed by atoms with Crippen LogP contribution in [0.3, 0.4) is 0 Å². The standard InChI is InChI=1S/C17H27F2NO/c1-5-17(6-2,21-8-4)16(20-7-3)12-13-9-10-14(18)15(19)11-13/h9-11,16,20H,5-8,12H2,1-4H3. The molecule has 0 heterocycles. The van der Waals surface area contributed by atoms with Gasteiger partial charge in [0.2, 0.25) is 0 Å². The minimum atomic E-state index is -0.805. The third kappa shape index (κ3) is 4.48. The predicted octanol–water partition coefficient (Wildman–Crippen LogP) is 4.08. The summed E-state index contributed by atoms with van der Waals surface area (Å²) in [6, 6.07) is 4.18. The predicted molar refractivity (Wildman–Crippen MR) is 82.5 cm³/mol. The van der Waals surface area contributed by atoms with Crippen LogP contribution in [0.2, 0.25) is 0 Å². The van der Waals surface area contributed by atoms with Gasteiger partial charge in [-0.15, -0.1) is 0 Å². The number of halogens is 2. The molecule has 4 heteroatoms. The molecule has 1 aromatic carbocycles. The number of likely N-dealkylation sites (N-methyl/N-ethyl adjacent to an activating group) is 1. The fourth-order valence-electron chi connectivity index (χ4n) is 2.93. The van der Waals surface area contributed by atoms with Crippen molar-refractivity contribution in [1.82, 2.24) is 5.32 Å². The van der Waals surface area contributed by atoms with Crippen molar-refractivity contribution in [2.75, 3.05) is 13.2 Å². The summed E-state index contributed by atoms with van der Waals surface area (Å²) >= 11 is 0. The topological polar surface area (TPSA) is 21.3 Å². The molecule has 0 spiro atoms. The molecule has 120 valence electrons. The van der Waals surface area contributed by atoms with Crippen LogP contribution in [0.1, 0.15) is 46.1 Å². The molecule has 0 aliphatic rings. The van der Waals surface area contributed by atoms with E-state index in [-0.39, 0.29) is 11.6 Å². The summed E-state index contributed by atoms with van der Waals surface area (Å²) in [6.45, 7) is 9.69. The molecule has 1 unspecified atom stereocenters. The van der Waals surface area contributed by atoms with E-state index in [1.165, 1.54) is 12.1 Å². The van der Waals surface area contributed by atoms with Crippen LogP contribution in [-0.4, -0.2) is 24.8 Å². The van der Waals surface area contributed by atoms with Gasteiger partial charge in [0.25, 0.3) is 0 Å². The van der Waals surface area contributed by atoms with Gasteiger partial charge in [-0.1, -0.05) is 26.8 Å². The number of hydrogen-bond donors (Lipinski definition) is 1. The monoisotopic (exact) mass is 299 g/mol. The summed E-state index contributed by atoms with van der Waals surface area (Å²) in [5.41, 5.74) is 0.501. The second-order valence-corrected chi connectivity index (χ2v) is 5.27. The van der Waals surface area contributed by atoms with E-state index in [4.69, 9.17) is 4.74 Å². The van der Waals surface area contributed by atoms with Crippen molar-refractivity contribution in [3.8, 4) is 0 Å². The molecule has 0 aliphatic carbocycles. The minimum absolute atomic E-state index is 0.0716. The average Bonchev–Trinajstić information content (AvgIpc) is 2.48. The van der Waals surface area contributed by atoms with E-state index in [9.17, 15) is 8.78 Å². The van der Waals surface area contributed by atoms with Crippen LogP contribution in [-0.2, 0) is 11.2 Å². The molecule has 1 aromatic rings. The minimum Gasteiger partial charge on any atom is -0.374 e. The van der Waals surface area contributed by atoms with Crippen molar-refractivity contribution in [3.63, 3.8) is 0 Å². The van der Waals surface area contributed by atoms with Crippen molar-refractivity contribution in [1.29, 1.82) is 0 Å². The third-order valence-corrected chi connectivity index (χ3v) is 4.14. The largest absolute Gasteiger partial charge is 0.374 e. The van der Waals surface area contributed by atoms with Crippen molar-refractivity contribution < 1.29 is 13.5 Å². The molecule has 2 nitrogen and oxygen atoms in total. The van der Waals surface area contributed by atoms with Crippen molar-refractivity contribution >= 4 is 0 Å². The smallest absolute Gasteiger partial charge is 0.159 e. The lowest BCUT2D eigenvalue weighted by Crippen LogP contribution is -2.53. The molecule has 0 saturated carbocycles. The van der Waals surface area contributed by atoms with E-state index in [2.05, 4.69) is 19.2 Å². The Balaban J connectivity index is 3.01. The molecule has 0 saturated heterocycles. The van der Waals surface area contributed by atoms with Gasteiger partial charge in [0.1, 0.15) is 0 Å². The zero-order valence-electron chi connectivity index (χ0n) is 13.5. The molecule has 1 atom stereocenters. The molecule has 0 fully saturated rings. The molecule has 0 radical (unpaired) electrons. The number of ether oxygens (including phenoxy) is 1. The lowest BCUT2D eigenvalue weighted by molar-refractivity contribution is -0.0715. The fraction of sp³-hybridized carbons (Fsp3) is 0.647. The Hall–Kier alpha value is -1.00. The molecule has 0 amide bonds. The first kappa shape index (κ1) is 18.1. The molecule has 1 rings (SSSR count). The molecule has 0 bridgehead atoms. The first-order valence-electron chi connectivity index (χ1n) is 7.84. The zero-order chi connectivity index (χ0) is 15.9. The highest BCUT2D eigenvalue weighted by molar-refractivity contribution is 5.20. The normalized spacial score (nSPS) is 13.4. The van der Waals surface area contributed by atoms with Crippen LogP contribution in [0.25, 0.3) is 0 Å². The van der Waals surface area contributed by atoms with Gasteiger partial charge >= 0.3 is 0 Å². The lowest BCUT2D eigenvalue weighted by atomic mass is 9.84. The zero-order valence-corrected chi connectivity index (χ0v) is 13.5. The summed E-state index contributed by atoms with van der Waals surface area (Å²) < 4.78 is 32.5. The van der Waals surface area contributed by atoms with E-state index in [1.807, 2.05) is 13.8 Å². The van der Waals surface area contributed by atoms with Crippen LogP contribution >= 0.6 is 0 Å². The molecular weight excluding hydrogens is 272 g/mol. The van der Waals surface area contributed by atoms with E-state index in [0.717, 1.165) is 24.9 Å². The molecule has 0 aliphatic heterocycles. The maximum Gasteiger partial charge on any atom is 0.159 e. The van der Waals surface area contributed by atoms with Gasteiger partial charge in [-0.2, -0.15) is 0 Å². The maximum atomic E-state index is 13.4. The van der Waals surface area contributed by atoms with Gasteiger partial charge in [-0.3, -0.25) is 0 Å². The molecule has 1 N–H and O–H groups in total. The van der Waals surface area contributed by atoms with Crippen LogP contribution in [0.4, 0.5) is 8.78 Å². The number of nitrogens with one attached hydrogen (secondary N) is 1. The Morgan fingerprint density at radius 3 is 2.24 bits per heavy atom. The average molecular weight is 299 g/mol. The maximum absolute atomic E-state index is 13.4. The SMILES string of the molecule is CCNC(Cc1ccc(F)c(F)c1)C(CC)(CC)OCC. The van der Waals surface area contributed by atoms with E-state index < -0.39 is 11.6 Å². The van der Waals surface area contributed by atoms with E-state index >= 15 is 0 Å². The fourth-order valence-corrected chi connectivity index (χ4v) is 2.93. The van der Waals surface area contributed by atoms with Gasteiger partial charge in [0.15, 0.2) is 11.6 Å². The number of hydrogen-bond acceptors (Lipinski definition) is 2. The first-order valence-corrected chi connectivity index (χ1v) is 7.84. The Morgan fingerprint density at radius 1 is 1.10 bits per heavy atom. The lowest BCUT2D eigenvalue weighted by Gasteiger charge is -2.40. The van der Waals surface area contributed by atoms with Crippen molar-refractivity contribution in [3.05, 3.63) is 35.4 Å². The number of rotatable bonds is 9. The van der Waals surface area contributed by atoms with E-state index in [0.29, 0.717) is 13.0 Å². The summed E-state index contributed by atoms with van der Waals surface area (Å²) in [5, 5.41) is 3.45. The van der Waals surface area contributed by atoms with Crippen molar-refractivity contribution in [2.24, 2.45) is 0 Å². The summed E-state index contributed by atoms with van der Waals surface area (Å²) in [7, 11) is 0. The third-order valence-electron chi connectivity index (χ3n) is 4.14. The van der Waals surface area contributed by atoms with Crippen LogP contribution < -0.4 is 5.32 Å². The van der Waals surface area contributed by atoms with Gasteiger partial charge in [-0.05, 0) is 50.4 Å². The van der Waals surface area contributed by atoms with Gasteiger partial charge in [0.05, 0.1) is 5.60 Å². The highest BCUT2D eigenvalue weighted by atomic mass is 19.2. The Kier molecular flexibility index (Phi) is 7.26. The van der Waals surface area contributed by atoms with Crippen LogP contribution in [0.15, 0.2) is 18.2 Å². The Bertz CT molecular complexity index is 433.